The molecule has 1 saturated carbocycles. The number of rotatable bonds is 9. The van der Waals surface area contributed by atoms with Crippen LogP contribution in [0.25, 0.3) is 0 Å². The fraction of sp³-hybridized carbons (Fsp3) is 0.484. The van der Waals surface area contributed by atoms with Crippen LogP contribution in [0.15, 0.2) is 36.5 Å². The first-order valence-corrected chi connectivity index (χ1v) is 17.8. The number of ether oxygens (including phenoxy) is 1. The van der Waals surface area contributed by atoms with Crippen molar-refractivity contribution < 1.29 is 9.30 Å². The molecule has 2 heterocycles. The number of benzene rings is 2. The summed E-state index contributed by atoms with van der Waals surface area (Å²) in [6.07, 6.45) is 7.51. The maximum Gasteiger partial charge on any atom is 0.229 e. The molecule has 2 aromatic carbocycles. The molecule has 3 aromatic rings. The summed E-state index contributed by atoms with van der Waals surface area (Å²) >= 11 is 12.9. The van der Waals surface area contributed by atoms with Crippen LogP contribution in [-0.4, -0.2) is 68.5 Å². The second kappa shape index (κ2) is 12.2. The van der Waals surface area contributed by atoms with Gasteiger partial charge in [0.25, 0.3) is 0 Å². The Bertz CT molecular complexity index is 1490. The number of nitrogens with one attached hydrogen (secondary N) is 2. The molecule has 226 valence electrons. The summed E-state index contributed by atoms with van der Waals surface area (Å²) in [5, 5.41) is 7.88. The molecule has 8 nitrogen and oxygen atoms in total. The zero-order chi connectivity index (χ0) is 30.2. The standard InChI is InChI=1S/C31H41Cl2N6O2P/c1-7-20-15-25(27(41-4)16-26(20)39-13-11-31(12-14-39)17-21(18-31)38(2)3)36-30-34-19-23(33)29(37-30)35-24-10-8-9-22(32)28(24)42(5,6)40/h8-10,15-16,19,21H,7,11-14,17-18H2,1-6H3,(H2,34,35,36,37). The van der Waals surface area contributed by atoms with Crippen LogP contribution in [0.1, 0.15) is 38.2 Å². The fourth-order valence-electron chi connectivity index (χ4n) is 6.32. The number of aromatic nitrogens is 2. The van der Waals surface area contributed by atoms with Crippen molar-refractivity contribution in [2.45, 2.75) is 45.1 Å². The van der Waals surface area contributed by atoms with Gasteiger partial charge in [0.05, 0.1) is 35.0 Å². The van der Waals surface area contributed by atoms with Crippen LogP contribution >= 0.6 is 30.3 Å². The molecule has 1 aliphatic heterocycles. The molecule has 2 aliphatic rings. The van der Waals surface area contributed by atoms with E-state index >= 15 is 0 Å². The van der Waals surface area contributed by atoms with Crippen LogP contribution in [0, 0.1) is 5.41 Å². The van der Waals surface area contributed by atoms with Crippen LogP contribution in [-0.2, 0) is 11.0 Å². The number of aryl methyl sites for hydroxylation is 1. The molecule has 1 spiro atoms. The van der Waals surface area contributed by atoms with Gasteiger partial charge in [-0.15, -0.1) is 0 Å². The fourth-order valence-corrected chi connectivity index (χ4v) is 8.54. The maximum absolute atomic E-state index is 13.0. The third-order valence-corrected chi connectivity index (χ3v) is 11.1. The van der Waals surface area contributed by atoms with E-state index in [1.807, 2.05) is 6.07 Å². The summed E-state index contributed by atoms with van der Waals surface area (Å²) in [6, 6.07) is 10.3. The highest BCUT2D eigenvalue weighted by molar-refractivity contribution is 7.70. The molecular formula is C31H41Cl2N6O2P. The van der Waals surface area contributed by atoms with Crippen molar-refractivity contribution in [2.24, 2.45) is 5.41 Å². The molecule has 0 bridgehead atoms. The van der Waals surface area contributed by atoms with Gasteiger partial charge >= 0.3 is 0 Å². The van der Waals surface area contributed by atoms with Gasteiger partial charge < -0.3 is 29.7 Å². The number of nitrogens with zero attached hydrogens (tertiary/aromatic N) is 4. The minimum absolute atomic E-state index is 0.330. The third kappa shape index (κ3) is 6.37. The quantitative estimate of drug-likeness (QED) is 0.237. The van der Waals surface area contributed by atoms with Crippen molar-refractivity contribution in [3.8, 4) is 5.75 Å². The SMILES string of the molecule is CCc1cc(Nc2ncc(Cl)c(Nc3cccc(Cl)c3P(C)(C)=O)n2)c(OC)cc1N1CCC2(CC1)CC(N(C)C)C2. The number of anilines is 5. The lowest BCUT2D eigenvalue weighted by Crippen LogP contribution is -2.53. The molecule has 0 amide bonds. The van der Waals surface area contributed by atoms with Crippen LogP contribution in [0.3, 0.4) is 0 Å². The first-order valence-electron chi connectivity index (χ1n) is 14.5. The molecule has 2 fully saturated rings. The number of methoxy groups -OCH3 is 1. The molecule has 0 unspecified atom stereocenters. The smallest absolute Gasteiger partial charge is 0.229 e. The minimum atomic E-state index is -2.68. The average Bonchev–Trinajstić information content (AvgIpc) is 2.92. The van der Waals surface area contributed by atoms with Crippen molar-refractivity contribution in [2.75, 3.05) is 63.2 Å². The normalized spacial score (nSPS) is 16.9. The van der Waals surface area contributed by atoms with E-state index in [2.05, 4.69) is 63.6 Å². The summed E-state index contributed by atoms with van der Waals surface area (Å²) in [5.41, 5.74) is 4.36. The van der Waals surface area contributed by atoms with E-state index in [1.54, 1.807) is 32.6 Å². The third-order valence-electron chi connectivity index (χ3n) is 8.78. The maximum atomic E-state index is 13.0. The summed E-state index contributed by atoms with van der Waals surface area (Å²) < 4.78 is 18.8. The first-order chi connectivity index (χ1) is 19.9. The lowest BCUT2D eigenvalue weighted by molar-refractivity contribution is 0.00488. The Balaban J connectivity index is 1.36. The minimum Gasteiger partial charge on any atom is -0.494 e. The van der Waals surface area contributed by atoms with Crippen LogP contribution in [0.5, 0.6) is 5.75 Å². The second-order valence-electron chi connectivity index (χ2n) is 12.2. The largest absolute Gasteiger partial charge is 0.494 e. The molecule has 0 radical (unpaired) electrons. The van der Waals surface area contributed by atoms with Gasteiger partial charge in [0, 0.05) is 30.9 Å². The van der Waals surface area contributed by atoms with Gasteiger partial charge in [0.2, 0.25) is 5.95 Å². The Morgan fingerprint density at radius 3 is 2.43 bits per heavy atom. The van der Waals surface area contributed by atoms with Crippen molar-refractivity contribution in [3.05, 3.63) is 52.1 Å². The predicted molar refractivity (Wildman–Crippen MR) is 177 cm³/mol. The van der Waals surface area contributed by atoms with E-state index in [9.17, 15) is 4.57 Å². The number of hydrogen-bond acceptors (Lipinski definition) is 8. The van der Waals surface area contributed by atoms with Gasteiger partial charge in [0.1, 0.15) is 17.9 Å². The number of hydrogen-bond donors (Lipinski definition) is 2. The van der Waals surface area contributed by atoms with Gasteiger partial charge in [0.15, 0.2) is 5.82 Å². The van der Waals surface area contributed by atoms with E-state index in [0.29, 0.717) is 38.2 Å². The second-order valence-corrected chi connectivity index (χ2v) is 16.1. The highest BCUT2D eigenvalue weighted by Gasteiger charge is 2.46. The number of piperidine rings is 1. The van der Waals surface area contributed by atoms with Crippen LogP contribution in [0.4, 0.5) is 28.8 Å². The lowest BCUT2D eigenvalue weighted by Gasteiger charge is -2.54. The van der Waals surface area contributed by atoms with E-state index in [-0.39, 0.29) is 0 Å². The Kier molecular flexibility index (Phi) is 9.01. The van der Waals surface area contributed by atoms with E-state index < -0.39 is 7.14 Å². The molecular weight excluding hydrogens is 590 g/mol. The Labute approximate surface area is 259 Å². The van der Waals surface area contributed by atoms with Crippen molar-refractivity contribution >= 4 is 64.5 Å². The van der Waals surface area contributed by atoms with E-state index in [0.717, 1.165) is 37.0 Å². The predicted octanol–water partition coefficient (Wildman–Crippen LogP) is 7.40. The highest BCUT2D eigenvalue weighted by Crippen LogP contribution is 2.51. The van der Waals surface area contributed by atoms with Gasteiger partial charge in [-0.1, -0.05) is 36.2 Å². The Morgan fingerprint density at radius 2 is 1.81 bits per heavy atom. The van der Waals surface area contributed by atoms with Gasteiger partial charge in [-0.25, -0.2) is 4.98 Å². The molecule has 42 heavy (non-hydrogen) atoms. The van der Waals surface area contributed by atoms with Crippen LogP contribution in [0.2, 0.25) is 10.0 Å². The molecule has 1 aromatic heterocycles. The molecule has 5 rings (SSSR count). The summed E-state index contributed by atoms with van der Waals surface area (Å²) in [7, 11) is 3.39. The topological polar surface area (TPSA) is 82.6 Å². The van der Waals surface area contributed by atoms with Crippen molar-refractivity contribution in [1.29, 1.82) is 0 Å². The first kappa shape index (κ1) is 30.9. The van der Waals surface area contributed by atoms with E-state index in [4.69, 9.17) is 27.9 Å². The monoisotopic (exact) mass is 630 g/mol. The van der Waals surface area contributed by atoms with Gasteiger partial charge in [-0.2, -0.15) is 4.98 Å². The molecule has 1 aliphatic carbocycles. The number of halogens is 2. The van der Waals surface area contributed by atoms with Crippen molar-refractivity contribution in [3.63, 3.8) is 0 Å². The van der Waals surface area contributed by atoms with Crippen LogP contribution < -0.4 is 25.6 Å². The Morgan fingerprint density at radius 1 is 1.10 bits per heavy atom. The molecule has 11 heteroatoms. The van der Waals surface area contributed by atoms with Gasteiger partial charge in [-0.05, 0) is 88.7 Å². The molecule has 0 atom stereocenters. The molecule has 2 N–H and O–H groups in total. The zero-order valence-electron chi connectivity index (χ0n) is 25.3. The highest BCUT2D eigenvalue weighted by atomic mass is 35.5. The van der Waals surface area contributed by atoms with E-state index in [1.165, 1.54) is 43.1 Å². The summed E-state index contributed by atoms with van der Waals surface area (Å²) in [5.74, 6) is 1.46. The van der Waals surface area contributed by atoms with Crippen molar-refractivity contribution in [1.82, 2.24) is 14.9 Å². The average molecular weight is 632 g/mol. The summed E-state index contributed by atoms with van der Waals surface area (Å²) in [4.78, 5) is 13.9. The van der Waals surface area contributed by atoms with Gasteiger partial charge in [-0.3, -0.25) is 0 Å². The lowest BCUT2D eigenvalue weighted by atomic mass is 9.60. The Hall–Kier alpha value is -2.51. The molecule has 1 saturated heterocycles. The summed E-state index contributed by atoms with van der Waals surface area (Å²) in [6.45, 7) is 7.67. The zero-order valence-corrected chi connectivity index (χ0v) is 27.7.